The second kappa shape index (κ2) is 7.73. The zero-order valence-electron chi connectivity index (χ0n) is 14.9. The molecular weight excluding hydrogens is 276 g/mol. The van der Waals surface area contributed by atoms with Gasteiger partial charge in [0.1, 0.15) is 5.78 Å². The molecule has 3 heteroatoms. The van der Waals surface area contributed by atoms with Crippen LogP contribution in [0.25, 0.3) is 0 Å². The Hall–Kier alpha value is -0.413. The molecule has 0 aliphatic heterocycles. The predicted octanol–water partition coefficient (Wildman–Crippen LogP) is 5.35. The third-order valence-electron chi connectivity index (χ3n) is 5.27. The van der Waals surface area contributed by atoms with Crippen molar-refractivity contribution in [3.05, 3.63) is 12.2 Å². The highest BCUT2D eigenvalue weighted by atomic mass is 28.4. The van der Waals surface area contributed by atoms with Gasteiger partial charge in [0, 0.05) is 12.3 Å². The maximum atomic E-state index is 12.1. The number of hydrogen-bond acceptors (Lipinski definition) is 2. The van der Waals surface area contributed by atoms with Gasteiger partial charge in [0.05, 0.1) is 6.61 Å². The van der Waals surface area contributed by atoms with E-state index >= 15 is 0 Å². The van der Waals surface area contributed by atoms with E-state index in [1.807, 2.05) is 0 Å². The van der Waals surface area contributed by atoms with Crippen molar-refractivity contribution in [2.24, 2.45) is 11.8 Å². The van der Waals surface area contributed by atoms with Crippen LogP contribution in [0.2, 0.25) is 18.1 Å². The zero-order chi connectivity index (χ0) is 16.1. The lowest BCUT2D eigenvalue weighted by Crippen LogP contribution is -2.40. The molecule has 0 saturated heterocycles. The highest BCUT2D eigenvalue weighted by Crippen LogP contribution is 2.36. The number of hydrogen-bond donors (Lipinski definition) is 0. The van der Waals surface area contributed by atoms with Gasteiger partial charge in [-0.25, -0.2) is 0 Å². The van der Waals surface area contributed by atoms with Gasteiger partial charge in [0.2, 0.25) is 0 Å². The summed E-state index contributed by atoms with van der Waals surface area (Å²) in [5.74, 6) is 1.05. The lowest BCUT2D eigenvalue weighted by Gasteiger charge is -2.35. The molecule has 21 heavy (non-hydrogen) atoms. The van der Waals surface area contributed by atoms with E-state index in [1.54, 1.807) is 0 Å². The quantitative estimate of drug-likeness (QED) is 0.389. The molecule has 1 rings (SSSR count). The summed E-state index contributed by atoms with van der Waals surface area (Å²) in [6.45, 7) is 14.2. The number of allylic oxidation sites excluding steroid dienone is 1. The summed E-state index contributed by atoms with van der Waals surface area (Å²) in [6, 6.07) is 0. The first-order valence-electron chi connectivity index (χ1n) is 8.48. The molecule has 0 radical (unpaired) electrons. The maximum Gasteiger partial charge on any atom is 0.192 e. The van der Waals surface area contributed by atoms with Gasteiger partial charge >= 0.3 is 0 Å². The minimum Gasteiger partial charge on any atom is -0.413 e. The molecule has 1 aliphatic rings. The largest absolute Gasteiger partial charge is 0.413 e. The van der Waals surface area contributed by atoms with E-state index in [-0.39, 0.29) is 11.0 Å². The minimum atomic E-state index is -1.66. The van der Waals surface area contributed by atoms with E-state index in [4.69, 9.17) is 4.43 Å². The van der Waals surface area contributed by atoms with Gasteiger partial charge in [0.25, 0.3) is 0 Å². The third-order valence-corrected chi connectivity index (χ3v) is 9.77. The Kier molecular flexibility index (Phi) is 6.86. The van der Waals surface area contributed by atoms with Crippen molar-refractivity contribution in [3.8, 4) is 0 Å². The van der Waals surface area contributed by atoms with Crippen LogP contribution in [0.3, 0.4) is 0 Å². The monoisotopic (exact) mass is 310 g/mol. The molecule has 1 aliphatic carbocycles. The Bertz CT molecular complexity index is 366. The van der Waals surface area contributed by atoms with Crippen LogP contribution >= 0.6 is 0 Å². The molecule has 0 heterocycles. The van der Waals surface area contributed by atoms with E-state index < -0.39 is 8.32 Å². The second-order valence-electron chi connectivity index (χ2n) is 8.03. The van der Waals surface area contributed by atoms with Gasteiger partial charge < -0.3 is 4.43 Å². The molecule has 2 nitrogen and oxygen atoms in total. The molecule has 0 aromatic carbocycles. The molecule has 0 aromatic rings. The van der Waals surface area contributed by atoms with Gasteiger partial charge in [-0.3, -0.25) is 4.79 Å². The molecule has 122 valence electrons. The van der Waals surface area contributed by atoms with Crippen LogP contribution in [0.1, 0.15) is 59.8 Å². The van der Waals surface area contributed by atoms with Crippen LogP contribution in [0, 0.1) is 11.8 Å². The lowest BCUT2D eigenvalue weighted by molar-refractivity contribution is -0.123. The average molecular weight is 311 g/mol. The molecule has 0 aromatic heterocycles. The van der Waals surface area contributed by atoms with Crippen molar-refractivity contribution < 1.29 is 9.22 Å². The third kappa shape index (κ3) is 5.71. The van der Waals surface area contributed by atoms with Crippen LogP contribution in [0.4, 0.5) is 0 Å². The van der Waals surface area contributed by atoms with E-state index in [0.29, 0.717) is 18.3 Å². The van der Waals surface area contributed by atoms with E-state index in [9.17, 15) is 4.79 Å². The van der Waals surface area contributed by atoms with Crippen molar-refractivity contribution in [1.29, 1.82) is 0 Å². The zero-order valence-corrected chi connectivity index (χ0v) is 15.9. The highest BCUT2D eigenvalue weighted by molar-refractivity contribution is 6.74. The van der Waals surface area contributed by atoms with Crippen molar-refractivity contribution in [2.45, 2.75) is 77.9 Å². The van der Waals surface area contributed by atoms with Crippen molar-refractivity contribution in [2.75, 3.05) is 6.61 Å². The second-order valence-corrected chi connectivity index (χ2v) is 12.8. The summed E-state index contributed by atoms with van der Waals surface area (Å²) in [6.07, 6.45) is 9.67. The average Bonchev–Trinajstić information content (AvgIpc) is 2.57. The normalized spacial score (nSPS) is 23.3. The van der Waals surface area contributed by atoms with Crippen LogP contribution in [0.15, 0.2) is 12.2 Å². The molecule has 1 saturated carbocycles. The van der Waals surface area contributed by atoms with Crippen LogP contribution in [0.5, 0.6) is 0 Å². The summed E-state index contributed by atoms with van der Waals surface area (Å²) in [7, 11) is -1.66. The van der Waals surface area contributed by atoms with Crippen molar-refractivity contribution >= 4 is 14.1 Å². The number of ketones is 1. The van der Waals surface area contributed by atoms with Gasteiger partial charge in [-0.15, -0.1) is 0 Å². The van der Waals surface area contributed by atoms with Crippen LogP contribution in [-0.4, -0.2) is 20.7 Å². The topological polar surface area (TPSA) is 26.3 Å². The predicted molar refractivity (Wildman–Crippen MR) is 93.0 cm³/mol. The van der Waals surface area contributed by atoms with E-state index in [2.05, 4.69) is 52.9 Å². The fourth-order valence-corrected chi connectivity index (χ4v) is 3.57. The summed E-state index contributed by atoms with van der Waals surface area (Å²) in [4.78, 5) is 12.1. The van der Waals surface area contributed by atoms with Gasteiger partial charge in [-0.2, -0.15) is 0 Å². The number of Topliss-reactive ketones (excluding diaryl/α,β-unsaturated/α-hetero) is 1. The summed E-state index contributed by atoms with van der Waals surface area (Å²) in [5.41, 5.74) is 0. The molecule has 0 spiro atoms. The van der Waals surface area contributed by atoms with E-state index in [1.165, 1.54) is 12.8 Å². The molecule has 1 fully saturated rings. The highest BCUT2D eigenvalue weighted by Gasteiger charge is 2.36. The first-order valence-corrected chi connectivity index (χ1v) is 11.4. The number of rotatable bonds is 5. The summed E-state index contributed by atoms with van der Waals surface area (Å²) in [5, 5.41) is 0.254. The first kappa shape index (κ1) is 18.6. The fourth-order valence-electron chi connectivity index (χ4n) is 2.62. The minimum absolute atomic E-state index is 0.233. The van der Waals surface area contributed by atoms with Gasteiger partial charge in [-0.1, -0.05) is 52.7 Å². The van der Waals surface area contributed by atoms with Crippen molar-refractivity contribution in [1.82, 2.24) is 0 Å². The fraction of sp³-hybridized carbons (Fsp3) is 0.833. The Morgan fingerprint density at radius 2 is 1.95 bits per heavy atom. The first-order chi connectivity index (χ1) is 9.65. The van der Waals surface area contributed by atoms with Gasteiger partial charge in [0.15, 0.2) is 8.32 Å². The Balaban J connectivity index is 2.47. The molecule has 0 bridgehead atoms. The Morgan fingerprint density at radius 3 is 2.57 bits per heavy atom. The lowest BCUT2D eigenvalue weighted by atomic mass is 9.86. The van der Waals surface area contributed by atoms with Gasteiger partial charge in [-0.05, 0) is 36.9 Å². The summed E-state index contributed by atoms with van der Waals surface area (Å²) >= 11 is 0. The molecule has 0 N–H and O–H groups in total. The summed E-state index contributed by atoms with van der Waals surface area (Å²) < 4.78 is 6.15. The Labute approximate surface area is 132 Å². The standard InChI is InChI=1S/C18H34O2Si/c1-15(16-12-8-7-9-13-17(16)19)11-10-14-20-21(5,6)18(2,3)4/h10-11,15-16H,7-9,12-14H2,1-6H3/b11-10+. The molecule has 2 atom stereocenters. The van der Waals surface area contributed by atoms with Crippen LogP contribution < -0.4 is 0 Å². The Morgan fingerprint density at radius 1 is 1.29 bits per heavy atom. The number of carbonyl (C=O) groups is 1. The smallest absolute Gasteiger partial charge is 0.192 e. The SMILES string of the molecule is CC(/C=C/CO[Si](C)(C)C(C)(C)C)C1CCCCCC1=O. The number of carbonyl (C=O) groups excluding carboxylic acids is 1. The molecule has 0 amide bonds. The van der Waals surface area contributed by atoms with Crippen molar-refractivity contribution in [3.63, 3.8) is 0 Å². The molecule has 2 unspecified atom stereocenters. The van der Waals surface area contributed by atoms with Crippen LogP contribution in [-0.2, 0) is 9.22 Å². The maximum absolute atomic E-state index is 12.1. The van der Waals surface area contributed by atoms with E-state index in [0.717, 1.165) is 19.3 Å². The molecular formula is C18H34O2Si.